The minimum absolute atomic E-state index is 0.228. The molecular formula is C17H26N6O5. The van der Waals surface area contributed by atoms with Gasteiger partial charge in [-0.3, -0.25) is 9.36 Å². The summed E-state index contributed by atoms with van der Waals surface area (Å²) >= 11 is 0. The minimum atomic E-state index is -1.18. The van der Waals surface area contributed by atoms with Crippen LogP contribution in [0.4, 0.5) is 5.82 Å². The number of nitrogens with one attached hydrogen (secondary N) is 1. The van der Waals surface area contributed by atoms with Crippen molar-refractivity contribution in [1.29, 1.82) is 0 Å². The lowest BCUT2D eigenvalue weighted by molar-refractivity contribution is -0.147. The Morgan fingerprint density at radius 1 is 1.43 bits per heavy atom. The number of fused-ring (bicyclic) bond motifs is 1. The van der Waals surface area contributed by atoms with E-state index in [0.717, 1.165) is 0 Å². The highest BCUT2D eigenvalue weighted by molar-refractivity contribution is 5.81. The van der Waals surface area contributed by atoms with Gasteiger partial charge in [0.25, 0.3) is 0 Å². The lowest BCUT2D eigenvalue weighted by Gasteiger charge is -2.18. The molecule has 1 aliphatic heterocycles. The first-order chi connectivity index (χ1) is 13.3. The number of nitrogen functional groups attached to an aromatic ring is 1. The van der Waals surface area contributed by atoms with Crippen molar-refractivity contribution < 1.29 is 24.5 Å². The summed E-state index contributed by atoms with van der Waals surface area (Å²) in [5.41, 5.74) is 6.67. The van der Waals surface area contributed by atoms with Crippen molar-refractivity contribution in [3.05, 3.63) is 12.2 Å². The molecule has 154 valence electrons. The third kappa shape index (κ3) is 3.78. The van der Waals surface area contributed by atoms with Crippen molar-refractivity contribution in [2.24, 2.45) is 5.92 Å². The predicted molar refractivity (Wildman–Crippen MR) is 99.1 cm³/mol. The SMILES string of the molecule is CCOC(=O)C(C)CNC[C@H]1O[C@@H](n2c(C)nc3c(N)ncnc32)[C@H](O)[C@@H]1O. The van der Waals surface area contributed by atoms with Crippen LogP contribution in [0.1, 0.15) is 25.9 Å². The predicted octanol–water partition coefficient (Wildman–Crippen LogP) is -0.875. The zero-order valence-electron chi connectivity index (χ0n) is 16.1. The first-order valence-corrected chi connectivity index (χ1v) is 9.19. The van der Waals surface area contributed by atoms with Crippen LogP contribution in [0.5, 0.6) is 0 Å². The maximum absolute atomic E-state index is 11.7. The number of imidazole rings is 1. The summed E-state index contributed by atoms with van der Waals surface area (Å²) in [7, 11) is 0. The molecule has 3 rings (SSSR count). The fourth-order valence-corrected chi connectivity index (χ4v) is 3.26. The van der Waals surface area contributed by atoms with Crippen LogP contribution < -0.4 is 11.1 Å². The zero-order valence-corrected chi connectivity index (χ0v) is 16.1. The van der Waals surface area contributed by atoms with E-state index in [1.54, 1.807) is 25.3 Å². The molecule has 28 heavy (non-hydrogen) atoms. The van der Waals surface area contributed by atoms with Crippen LogP contribution in [-0.2, 0) is 14.3 Å². The smallest absolute Gasteiger partial charge is 0.309 e. The average molecular weight is 394 g/mol. The first-order valence-electron chi connectivity index (χ1n) is 9.19. The van der Waals surface area contributed by atoms with Crippen LogP contribution in [0.25, 0.3) is 11.2 Å². The van der Waals surface area contributed by atoms with Crippen LogP contribution in [0, 0.1) is 12.8 Å². The molecule has 0 bridgehead atoms. The zero-order chi connectivity index (χ0) is 20.4. The Balaban J connectivity index is 1.69. The number of nitrogens with two attached hydrogens (primary N) is 1. The Labute approximate surface area is 161 Å². The molecule has 1 aliphatic rings. The quantitative estimate of drug-likeness (QED) is 0.435. The number of hydrogen-bond acceptors (Lipinski definition) is 10. The van der Waals surface area contributed by atoms with Gasteiger partial charge >= 0.3 is 5.97 Å². The molecule has 2 aromatic rings. The number of aliphatic hydroxyl groups excluding tert-OH is 2. The van der Waals surface area contributed by atoms with E-state index in [9.17, 15) is 15.0 Å². The Kier molecular flexibility index (Phi) is 6.08. The molecule has 11 heteroatoms. The molecule has 0 saturated carbocycles. The fourth-order valence-electron chi connectivity index (χ4n) is 3.26. The van der Waals surface area contributed by atoms with Gasteiger partial charge in [0.15, 0.2) is 23.2 Å². The van der Waals surface area contributed by atoms with Crippen LogP contribution in [-0.4, -0.2) is 73.7 Å². The Morgan fingerprint density at radius 2 is 2.18 bits per heavy atom. The summed E-state index contributed by atoms with van der Waals surface area (Å²) in [4.78, 5) is 24.1. The van der Waals surface area contributed by atoms with E-state index in [1.165, 1.54) is 6.33 Å². The van der Waals surface area contributed by atoms with Crippen molar-refractivity contribution in [3.8, 4) is 0 Å². The monoisotopic (exact) mass is 394 g/mol. The molecule has 0 aliphatic carbocycles. The second-order valence-corrected chi connectivity index (χ2v) is 6.82. The van der Waals surface area contributed by atoms with Crippen molar-refractivity contribution in [3.63, 3.8) is 0 Å². The van der Waals surface area contributed by atoms with E-state index in [2.05, 4.69) is 20.3 Å². The number of hydrogen-bond donors (Lipinski definition) is 4. The van der Waals surface area contributed by atoms with E-state index in [0.29, 0.717) is 30.1 Å². The Morgan fingerprint density at radius 3 is 2.89 bits per heavy atom. The standard InChI is InChI=1S/C17H26N6O5/c1-4-27-17(26)8(2)5-19-6-10-12(24)13(25)16(28-10)23-9(3)22-11-14(18)20-7-21-15(11)23/h7-8,10,12-13,16,19,24-25H,4-6H2,1-3H3,(H2,18,20,21)/t8?,10-,12-,13-,16-/m1/s1. The minimum Gasteiger partial charge on any atom is -0.466 e. The summed E-state index contributed by atoms with van der Waals surface area (Å²) < 4.78 is 12.5. The number of nitrogens with zero attached hydrogens (tertiary/aromatic N) is 4. The highest BCUT2D eigenvalue weighted by Gasteiger charge is 2.44. The van der Waals surface area contributed by atoms with Gasteiger partial charge in [0.2, 0.25) is 0 Å². The molecule has 0 spiro atoms. The van der Waals surface area contributed by atoms with Gasteiger partial charge in [0.1, 0.15) is 30.5 Å². The number of rotatable bonds is 7. The molecule has 2 aromatic heterocycles. The summed E-state index contributed by atoms with van der Waals surface area (Å²) in [6, 6.07) is 0. The maximum atomic E-state index is 11.7. The summed E-state index contributed by atoms with van der Waals surface area (Å²) in [6.45, 7) is 6.18. The molecule has 5 atom stereocenters. The topological polar surface area (TPSA) is 158 Å². The second-order valence-electron chi connectivity index (χ2n) is 6.82. The number of ether oxygens (including phenoxy) is 2. The Bertz CT molecular complexity index is 843. The molecule has 0 aromatic carbocycles. The van der Waals surface area contributed by atoms with E-state index in [4.69, 9.17) is 15.2 Å². The molecule has 1 fully saturated rings. The van der Waals surface area contributed by atoms with Crippen LogP contribution in [0.15, 0.2) is 6.33 Å². The van der Waals surface area contributed by atoms with Crippen LogP contribution in [0.3, 0.4) is 0 Å². The second kappa shape index (κ2) is 8.35. The van der Waals surface area contributed by atoms with E-state index < -0.39 is 24.5 Å². The van der Waals surface area contributed by atoms with E-state index >= 15 is 0 Å². The molecule has 1 unspecified atom stereocenters. The van der Waals surface area contributed by atoms with E-state index in [-0.39, 0.29) is 24.2 Å². The third-order valence-electron chi connectivity index (χ3n) is 4.76. The van der Waals surface area contributed by atoms with Crippen molar-refractivity contribution in [2.45, 2.75) is 45.3 Å². The maximum Gasteiger partial charge on any atom is 0.309 e. The summed E-state index contributed by atoms with van der Waals surface area (Å²) in [5, 5.41) is 24.0. The highest BCUT2D eigenvalue weighted by Crippen LogP contribution is 2.33. The number of anilines is 1. The number of aromatic nitrogens is 4. The average Bonchev–Trinajstić information content (AvgIpc) is 3.13. The van der Waals surface area contributed by atoms with Gasteiger partial charge < -0.3 is 30.7 Å². The van der Waals surface area contributed by atoms with Gasteiger partial charge in [-0.25, -0.2) is 15.0 Å². The molecule has 11 nitrogen and oxygen atoms in total. The first kappa shape index (κ1) is 20.4. The normalized spacial score (nSPS) is 25.9. The van der Waals surface area contributed by atoms with Gasteiger partial charge in [0.05, 0.1) is 12.5 Å². The van der Waals surface area contributed by atoms with E-state index in [1.807, 2.05) is 0 Å². The van der Waals surface area contributed by atoms with Crippen molar-refractivity contribution in [2.75, 3.05) is 25.4 Å². The molecule has 0 amide bonds. The van der Waals surface area contributed by atoms with Gasteiger partial charge in [-0.1, -0.05) is 6.92 Å². The molecule has 1 saturated heterocycles. The number of aliphatic hydroxyl groups is 2. The third-order valence-corrected chi connectivity index (χ3v) is 4.76. The number of esters is 1. The highest BCUT2D eigenvalue weighted by atomic mass is 16.6. The van der Waals surface area contributed by atoms with Gasteiger partial charge in [-0.05, 0) is 13.8 Å². The number of carbonyl (C=O) groups is 1. The van der Waals surface area contributed by atoms with Crippen LogP contribution in [0.2, 0.25) is 0 Å². The van der Waals surface area contributed by atoms with Gasteiger partial charge in [-0.15, -0.1) is 0 Å². The summed E-state index contributed by atoms with van der Waals surface area (Å²) in [5.74, 6) is 0.131. The number of aryl methyl sites for hydroxylation is 1. The molecule has 5 N–H and O–H groups in total. The molecule has 0 radical (unpaired) electrons. The van der Waals surface area contributed by atoms with Crippen molar-refractivity contribution in [1.82, 2.24) is 24.8 Å². The number of carbonyl (C=O) groups excluding carboxylic acids is 1. The largest absolute Gasteiger partial charge is 0.466 e. The van der Waals surface area contributed by atoms with Crippen LogP contribution >= 0.6 is 0 Å². The van der Waals surface area contributed by atoms with Gasteiger partial charge in [0, 0.05) is 13.1 Å². The van der Waals surface area contributed by atoms with Gasteiger partial charge in [-0.2, -0.15) is 0 Å². The summed E-state index contributed by atoms with van der Waals surface area (Å²) in [6.07, 6.45) is -2.54. The lowest BCUT2D eigenvalue weighted by Crippen LogP contribution is -2.39. The Hall–Kier alpha value is -2.34. The van der Waals surface area contributed by atoms with Crippen molar-refractivity contribution >= 4 is 23.0 Å². The molecule has 3 heterocycles. The molecular weight excluding hydrogens is 368 g/mol. The lowest BCUT2D eigenvalue weighted by atomic mass is 10.1. The fraction of sp³-hybridized carbons (Fsp3) is 0.647.